The van der Waals surface area contributed by atoms with E-state index in [1.807, 2.05) is 48.6 Å². The van der Waals surface area contributed by atoms with Crippen molar-refractivity contribution in [3.8, 4) is 11.5 Å². The van der Waals surface area contributed by atoms with Gasteiger partial charge < -0.3 is 14.2 Å². The van der Waals surface area contributed by atoms with Crippen molar-refractivity contribution in [3.05, 3.63) is 70.8 Å². The van der Waals surface area contributed by atoms with Gasteiger partial charge in [-0.05, 0) is 37.5 Å². The minimum atomic E-state index is -0.427. The maximum Gasteiger partial charge on any atom is 0.343 e. The van der Waals surface area contributed by atoms with Crippen LogP contribution >= 0.6 is 0 Å². The van der Waals surface area contributed by atoms with Crippen LogP contribution in [0.15, 0.2) is 54.1 Å². The van der Waals surface area contributed by atoms with E-state index in [-0.39, 0.29) is 6.61 Å². The van der Waals surface area contributed by atoms with Crippen molar-refractivity contribution in [3.63, 3.8) is 0 Å². The van der Waals surface area contributed by atoms with Crippen molar-refractivity contribution in [1.29, 1.82) is 0 Å². The van der Waals surface area contributed by atoms with E-state index in [9.17, 15) is 4.79 Å². The second-order valence-corrected chi connectivity index (χ2v) is 6.29. The fourth-order valence-electron chi connectivity index (χ4n) is 2.53. The minimum absolute atomic E-state index is 0.144. The summed E-state index contributed by atoms with van der Waals surface area (Å²) in [6.07, 6.45) is 6.99. The van der Waals surface area contributed by atoms with Crippen LogP contribution in [0.25, 0.3) is 12.2 Å². The molecule has 0 N–H and O–H groups in total. The Morgan fingerprint density at radius 1 is 1.04 bits per heavy atom. The number of carbonyl (C=O) groups excluding carboxylic acids is 1. The average molecular weight is 366 g/mol. The van der Waals surface area contributed by atoms with Crippen LogP contribution in [0, 0.1) is 0 Å². The molecule has 0 aliphatic rings. The molecule has 2 rings (SSSR count). The topological polar surface area (TPSA) is 44.8 Å². The van der Waals surface area contributed by atoms with Gasteiger partial charge in [-0.2, -0.15) is 0 Å². The molecule has 0 unspecified atom stereocenters. The molecule has 0 saturated carbocycles. The summed E-state index contributed by atoms with van der Waals surface area (Å²) in [6.45, 7) is 3.99. The van der Waals surface area contributed by atoms with Crippen LogP contribution < -0.4 is 9.47 Å². The minimum Gasteiger partial charge on any atom is -0.496 e. The van der Waals surface area contributed by atoms with Gasteiger partial charge in [0.1, 0.15) is 11.5 Å². The van der Waals surface area contributed by atoms with Crippen LogP contribution in [0.4, 0.5) is 0 Å². The Kier molecular flexibility index (Phi) is 7.68. The zero-order chi connectivity index (χ0) is 19.6. The van der Waals surface area contributed by atoms with Crippen molar-refractivity contribution in [1.82, 2.24) is 0 Å². The first kappa shape index (κ1) is 20.3. The van der Waals surface area contributed by atoms with Crippen molar-refractivity contribution in [2.45, 2.75) is 20.3 Å². The van der Waals surface area contributed by atoms with Gasteiger partial charge in [0, 0.05) is 11.6 Å². The van der Waals surface area contributed by atoms with Gasteiger partial charge in [0.2, 0.25) is 0 Å². The van der Waals surface area contributed by atoms with Crippen molar-refractivity contribution in [2.75, 3.05) is 20.8 Å². The highest BCUT2D eigenvalue weighted by Gasteiger charge is 2.11. The second-order valence-electron chi connectivity index (χ2n) is 6.29. The number of carbonyl (C=O) groups is 1. The third-order valence-electron chi connectivity index (χ3n) is 3.99. The molecule has 0 atom stereocenters. The van der Waals surface area contributed by atoms with Gasteiger partial charge in [-0.1, -0.05) is 54.1 Å². The van der Waals surface area contributed by atoms with E-state index in [2.05, 4.69) is 24.7 Å². The van der Waals surface area contributed by atoms with Gasteiger partial charge in [0.05, 0.1) is 14.2 Å². The number of hydrogen-bond donors (Lipinski definition) is 0. The lowest BCUT2D eigenvalue weighted by Gasteiger charge is -2.14. The van der Waals surface area contributed by atoms with E-state index in [4.69, 9.17) is 9.47 Å². The summed E-state index contributed by atoms with van der Waals surface area (Å²) >= 11 is 0. The molecule has 27 heavy (non-hydrogen) atoms. The lowest BCUT2D eigenvalue weighted by molar-refractivity contribution is -0.142. The number of benzene rings is 2. The molecule has 4 heteroatoms. The SMILES string of the molecule is COC(=O)COc1cc(/C=C/c2ccccc2)c(CC=C(C)C)c(OC)c1. The Morgan fingerprint density at radius 2 is 1.78 bits per heavy atom. The van der Waals surface area contributed by atoms with Gasteiger partial charge in [-0.25, -0.2) is 4.79 Å². The number of allylic oxidation sites excluding steroid dienone is 2. The van der Waals surface area contributed by atoms with E-state index < -0.39 is 5.97 Å². The molecule has 4 nitrogen and oxygen atoms in total. The first-order chi connectivity index (χ1) is 13.0. The molecule has 0 radical (unpaired) electrons. The predicted molar refractivity (Wildman–Crippen MR) is 109 cm³/mol. The summed E-state index contributed by atoms with van der Waals surface area (Å²) in [6, 6.07) is 13.8. The fourth-order valence-corrected chi connectivity index (χ4v) is 2.53. The first-order valence-corrected chi connectivity index (χ1v) is 8.80. The maximum atomic E-state index is 11.4. The zero-order valence-corrected chi connectivity index (χ0v) is 16.3. The van der Waals surface area contributed by atoms with Crippen LogP contribution in [0.1, 0.15) is 30.5 Å². The quantitative estimate of drug-likeness (QED) is 0.378. The second kappa shape index (κ2) is 10.2. The highest BCUT2D eigenvalue weighted by molar-refractivity contribution is 5.74. The predicted octanol–water partition coefficient (Wildman–Crippen LogP) is 4.93. The summed E-state index contributed by atoms with van der Waals surface area (Å²) < 4.78 is 15.8. The van der Waals surface area contributed by atoms with Crippen LogP contribution in [-0.2, 0) is 16.0 Å². The van der Waals surface area contributed by atoms with Gasteiger partial charge in [0.25, 0.3) is 0 Å². The molecule has 0 heterocycles. The highest BCUT2D eigenvalue weighted by atomic mass is 16.6. The smallest absolute Gasteiger partial charge is 0.343 e. The van der Waals surface area contributed by atoms with E-state index in [1.54, 1.807) is 13.2 Å². The van der Waals surface area contributed by atoms with Crippen LogP contribution in [0.3, 0.4) is 0 Å². The third-order valence-corrected chi connectivity index (χ3v) is 3.99. The number of hydrogen-bond acceptors (Lipinski definition) is 4. The summed E-state index contributed by atoms with van der Waals surface area (Å²) in [4.78, 5) is 11.4. The van der Waals surface area contributed by atoms with E-state index in [0.29, 0.717) is 5.75 Å². The molecule has 2 aromatic rings. The Hall–Kier alpha value is -3.01. The van der Waals surface area contributed by atoms with Gasteiger partial charge >= 0.3 is 5.97 Å². The molecular formula is C23H26O4. The monoisotopic (exact) mass is 366 g/mol. The molecule has 0 fully saturated rings. The van der Waals surface area contributed by atoms with Crippen molar-refractivity contribution < 1.29 is 19.0 Å². The fraction of sp³-hybridized carbons (Fsp3) is 0.261. The van der Waals surface area contributed by atoms with Crippen molar-refractivity contribution in [2.24, 2.45) is 0 Å². The molecule has 2 aromatic carbocycles. The Labute approximate surface area is 161 Å². The first-order valence-electron chi connectivity index (χ1n) is 8.80. The molecule has 0 saturated heterocycles. The van der Waals surface area contributed by atoms with Gasteiger partial charge in [0.15, 0.2) is 6.61 Å². The van der Waals surface area contributed by atoms with E-state index in [0.717, 1.165) is 28.9 Å². The lowest BCUT2D eigenvalue weighted by Crippen LogP contribution is -2.12. The number of methoxy groups -OCH3 is 2. The number of ether oxygens (including phenoxy) is 3. The zero-order valence-electron chi connectivity index (χ0n) is 16.3. The summed E-state index contributed by atoms with van der Waals surface area (Å²) in [5, 5.41) is 0. The lowest BCUT2D eigenvalue weighted by atomic mass is 10.00. The molecule has 0 aliphatic carbocycles. The normalized spacial score (nSPS) is 10.5. The molecular weight excluding hydrogens is 340 g/mol. The molecule has 142 valence electrons. The summed E-state index contributed by atoms with van der Waals surface area (Å²) in [5.41, 5.74) is 4.39. The number of esters is 1. The molecule has 0 spiro atoms. The highest BCUT2D eigenvalue weighted by Crippen LogP contribution is 2.31. The molecule has 0 aliphatic heterocycles. The van der Waals surface area contributed by atoms with E-state index in [1.165, 1.54) is 12.7 Å². The largest absolute Gasteiger partial charge is 0.496 e. The molecule has 0 aromatic heterocycles. The third kappa shape index (κ3) is 6.33. The van der Waals surface area contributed by atoms with Crippen LogP contribution in [-0.4, -0.2) is 26.8 Å². The Bertz CT molecular complexity index is 816. The van der Waals surface area contributed by atoms with Gasteiger partial charge in [-0.3, -0.25) is 0 Å². The van der Waals surface area contributed by atoms with Crippen LogP contribution in [0.2, 0.25) is 0 Å². The van der Waals surface area contributed by atoms with E-state index >= 15 is 0 Å². The summed E-state index contributed by atoms with van der Waals surface area (Å²) in [5.74, 6) is 0.859. The maximum absolute atomic E-state index is 11.4. The number of rotatable bonds is 8. The standard InChI is InChI=1S/C23H26O4/c1-17(2)10-13-21-19(12-11-18-8-6-5-7-9-18)14-20(15-22(21)25-3)27-16-23(24)26-4/h5-12,14-15H,13,16H2,1-4H3/b12-11+. The Morgan fingerprint density at radius 3 is 2.41 bits per heavy atom. The van der Waals surface area contributed by atoms with Gasteiger partial charge in [-0.15, -0.1) is 0 Å². The summed E-state index contributed by atoms with van der Waals surface area (Å²) in [7, 11) is 2.97. The van der Waals surface area contributed by atoms with Crippen molar-refractivity contribution >= 4 is 18.1 Å². The molecule has 0 bridgehead atoms. The molecule has 0 amide bonds. The van der Waals surface area contributed by atoms with Crippen LogP contribution in [0.5, 0.6) is 11.5 Å². The Balaban J connectivity index is 2.41. The average Bonchev–Trinajstić information content (AvgIpc) is 2.69.